The van der Waals surface area contributed by atoms with Gasteiger partial charge in [0.25, 0.3) is 0 Å². The average molecular weight is 95.1 g/mol. The van der Waals surface area contributed by atoms with Crippen LogP contribution in [0, 0.1) is 18.3 Å². The van der Waals surface area contributed by atoms with E-state index >= 15 is 0 Å². The average Bonchev–Trinajstić information content (AvgIpc) is 2.14. The summed E-state index contributed by atoms with van der Waals surface area (Å²) in [5, 5.41) is 3.18. The van der Waals surface area contributed by atoms with E-state index in [1.54, 1.807) is 0 Å². The van der Waals surface area contributed by atoms with Gasteiger partial charge in [-0.2, -0.15) is 0 Å². The Balaban J connectivity index is 2.31. The molecule has 0 aromatic rings. The molecular weight excluding hydrogens is 86.1 g/mol. The third-order valence-corrected chi connectivity index (χ3v) is 1.30. The van der Waals surface area contributed by atoms with Gasteiger partial charge >= 0.3 is 0 Å². The van der Waals surface area contributed by atoms with Crippen LogP contribution in [0.2, 0.25) is 0 Å². The van der Waals surface area contributed by atoms with Crippen LogP contribution in [0.3, 0.4) is 0 Å². The molecule has 1 atom stereocenters. The van der Waals surface area contributed by atoms with E-state index in [2.05, 4.69) is 11.2 Å². The largest absolute Gasteiger partial charge is 0.315 e. The van der Waals surface area contributed by atoms with Gasteiger partial charge in [0.15, 0.2) is 0 Å². The molecule has 1 nitrogen and oxygen atoms in total. The first-order chi connectivity index (χ1) is 3.43. The lowest BCUT2D eigenvalue weighted by atomic mass is 10.1. The molecule has 0 spiro atoms. The molecule has 1 heteroatoms. The van der Waals surface area contributed by atoms with E-state index in [0.717, 1.165) is 19.5 Å². The number of hydrogen-bond donors (Lipinski definition) is 1. The smallest absolute Gasteiger partial charge is 0.0337 e. The summed E-state index contributed by atoms with van der Waals surface area (Å²) in [4.78, 5) is 0. The highest BCUT2D eigenvalue weighted by molar-refractivity contribution is 4.96. The fourth-order valence-electron chi connectivity index (χ4n) is 0.797. The first-order valence-corrected chi connectivity index (χ1v) is 2.60. The number of rotatable bonds is 0. The van der Waals surface area contributed by atoms with E-state index in [1.165, 1.54) is 0 Å². The van der Waals surface area contributed by atoms with Gasteiger partial charge in [0, 0.05) is 12.5 Å². The summed E-state index contributed by atoms with van der Waals surface area (Å²) in [5.41, 5.74) is 0. The van der Waals surface area contributed by atoms with Gasteiger partial charge in [-0.05, 0) is 13.0 Å². The van der Waals surface area contributed by atoms with Crippen molar-refractivity contribution in [3.05, 3.63) is 0 Å². The zero-order chi connectivity index (χ0) is 5.11. The molecule has 0 aliphatic carbocycles. The maximum absolute atomic E-state index is 5.14. The molecule has 1 fully saturated rings. The van der Waals surface area contributed by atoms with Gasteiger partial charge in [0.2, 0.25) is 0 Å². The van der Waals surface area contributed by atoms with Crippen LogP contribution < -0.4 is 5.32 Å². The van der Waals surface area contributed by atoms with Crippen LogP contribution >= 0.6 is 0 Å². The lowest BCUT2D eigenvalue weighted by molar-refractivity contribution is 0.756. The van der Waals surface area contributed by atoms with Gasteiger partial charge in [0.05, 0.1) is 0 Å². The van der Waals surface area contributed by atoms with Crippen LogP contribution in [0.5, 0.6) is 0 Å². The Morgan fingerprint density at radius 2 is 2.57 bits per heavy atom. The third-order valence-electron chi connectivity index (χ3n) is 1.30. The van der Waals surface area contributed by atoms with Crippen LogP contribution in [0.1, 0.15) is 6.42 Å². The van der Waals surface area contributed by atoms with Crippen LogP contribution in [0.15, 0.2) is 0 Å². The first-order valence-electron chi connectivity index (χ1n) is 2.60. The third kappa shape index (κ3) is 0.942. The van der Waals surface area contributed by atoms with E-state index < -0.39 is 0 Å². The van der Waals surface area contributed by atoms with Crippen molar-refractivity contribution in [3.8, 4) is 12.3 Å². The van der Waals surface area contributed by atoms with E-state index in [-0.39, 0.29) is 0 Å². The highest BCUT2D eigenvalue weighted by Crippen LogP contribution is 2.03. The molecule has 0 unspecified atom stereocenters. The molecule has 1 rings (SSSR count). The monoisotopic (exact) mass is 95.1 g/mol. The standard InChI is InChI=1S/C6H9N/c1-2-6-3-4-7-5-6/h1,6-7H,3-5H2/t6-/m1/s1. The van der Waals surface area contributed by atoms with Gasteiger partial charge in [0.1, 0.15) is 0 Å². The van der Waals surface area contributed by atoms with Crippen molar-refractivity contribution in [2.24, 2.45) is 5.92 Å². The Morgan fingerprint density at radius 1 is 1.71 bits per heavy atom. The second kappa shape index (κ2) is 1.99. The van der Waals surface area contributed by atoms with Crippen molar-refractivity contribution in [1.29, 1.82) is 0 Å². The normalized spacial score (nSPS) is 29.9. The molecule has 7 heavy (non-hydrogen) atoms. The molecule has 1 N–H and O–H groups in total. The Kier molecular flexibility index (Phi) is 1.33. The predicted octanol–water partition coefficient (Wildman–Crippen LogP) is 0.229. The molecule has 0 amide bonds. The molecule has 0 aromatic carbocycles. The van der Waals surface area contributed by atoms with Crippen molar-refractivity contribution in [2.75, 3.05) is 13.1 Å². The minimum atomic E-state index is 0.514. The van der Waals surface area contributed by atoms with Crippen LogP contribution in [-0.2, 0) is 0 Å². The second-order valence-electron chi connectivity index (χ2n) is 1.86. The molecule has 1 saturated heterocycles. The molecule has 0 radical (unpaired) electrons. The number of terminal acetylenes is 1. The molecule has 0 bridgehead atoms. The molecule has 1 aliphatic rings. The van der Waals surface area contributed by atoms with E-state index in [1.807, 2.05) is 0 Å². The van der Waals surface area contributed by atoms with Crippen molar-refractivity contribution in [3.63, 3.8) is 0 Å². The van der Waals surface area contributed by atoms with E-state index in [9.17, 15) is 0 Å². The van der Waals surface area contributed by atoms with Crippen molar-refractivity contribution < 1.29 is 0 Å². The minimum Gasteiger partial charge on any atom is -0.315 e. The summed E-state index contributed by atoms with van der Waals surface area (Å²) in [6, 6.07) is 0. The fourth-order valence-corrected chi connectivity index (χ4v) is 0.797. The summed E-state index contributed by atoms with van der Waals surface area (Å²) in [6.07, 6.45) is 6.31. The van der Waals surface area contributed by atoms with E-state index in [4.69, 9.17) is 6.42 Å². The van der Waals surface area contributed by atoms with Crippen LogP contribution in [-0.4, -0.2) is 13.1 Å². The lowest BCUT2D eigenvalue weighted by Gasteiger charge is -1.90. The van der Waals surface area contributed by atoms with Gasteiger partial charge in [-0.25, -0.2) is 0 Å². The Hall–Kier alpha value is -0.480. The highest BCUT2D eigenvalue weighted by atomic mass is 14.9. The topological polar surface area (TPSA) is 12.0 Å². The van der Waals surface area contributed by atoms with Crippen molar-refractivity contribution >= 4 is 0 Å². The zero-order valence-corrected chi connectivity index (χ0v) is 4.28. The zero-order valence-electron chi connectivity index (χ0n) is 4.28. The van der Waals surface area contributed by atoms with Crippen molar-refractivity contribution in [2.45, 2.75) is 6.42 Å². The maximum Gasteiger partial charge on any atom is 0.0337 e. The molecule has 1 heterocycles. The summed E-state index contributed by atoms with van der Waals surface area (Å²) in [6.45, 7) is 2.13. The van der Waals surface area contributed by atoms with Gasteiger partial charge in [-0.3, -0.25) is 0 Å². The Bertz CT molecular complexity index is 84.8. The van der Waals surface area contributed by atoms with Crippen molar-refractivity contribution in [1.82, 2.24) is 5.32 Å². The number of nitrogens with one attached hydrogen (secondary N) is 1. The van der Waals surface area contributed by atoms with Gasteiger partial charge < -0.3 is 5.32 Å². The van der Waals surface area contributed by atoms with Crippen LogP contribution in [0.4, 0.5) is 0 Å². The lowest BCUT2D eigenvalue weighted by Crippen LogP contribution is -2.07. The number of hydrogen-bond acceptors (Lipinski definition) is 1. The molecule has 38 valence electrons. The fraction of sp³-hybridized carbons (Fsp3) is 0.667. The first kappa shape index (κ1) is 4.67. The Morgan fingerprint density at radius 3 is 2.86 bits per heavy atom. The molecule has 1 aliphatic heterocycles. The summed E-state index contributed by atoms with van der Waals surface area (Å²) in [5.74, 6) is 3.22. The molecular formula is C6H9N. The highest BCUT2D eigenvalue weighted by Gasteiger charge is 2.09. The van der Waals surface area contributed by atoms with Crippen LogP contribution in [0.25, 0.3) is 0 Å². The summed E-state index contributed by atoms with van der Waals surface area (Å²) < 4.78 is 0. The second-order valence-corrected chi connectivity index (χ2v) is 1.86. The maximum atomic E-state index is 5.14. The van der Waals surface area contributed by atoms with E-state index in [0.29, 0.717) is 5.92 Å². The summed E-state index contributed by atoms with van der Waals surface area (Å²) >= 11 is 0. The Labute approximate surface area is 44.1 Å². The minimum absolute atomic E-state index is 0.514. The molecule has 0 saturated carbocycles. The van der Waals surface area contributed by atoms with Gasteiger partial charge in [-0.15, -0.1) is 12.3 Å². The van der Waals surface area contributed by atoms with Gasteiger partial charge in [-0.1, -0.05) is 0 Å². The predicted molar refractivity (Wildman–Crippen MR) is 29.8 cm³/mol. The quantitative estimate of drug-likeness (QED) is 0.425. The SMILES string of the molecule is C#C[C@@H]1CCNC1. The molecule has 0 aromatic heterocycles. The summed E-state index contributed by atoms with van der Waals surface area (Å²) in [7, 11) is 0.